The largest absolute Gasteiger partial charge is 0.298 e. The number of nitrogens with one attached hydrogen (secondary N) is 1. The monoisotopic (exact) mass is 280 g/mol. The topological polar surface area (TPSA) is 35.8 Å². The molecular weight excluding hydrogens is 263 g/mol. The minimum Gasteiger partial charge on any atom is -0.298 e. The molecule has 1 aliphatic rings. The molecule has 0 aromatic heterocycles. The number of nitriles is 1. The number of halogens is 1. The van der Waals surface area contributed by atoms with Crippen molar-refractivity contribution in [2.75, 3.05) is 0 Å². The Morgan fingerprint density at radius 2 is 1.86 bits per heavy atom. The first-order valence-corrected chi connectivity index (χ1v) is 7.25. The van der Waals surface area contributed by atoms with Gasteiger partial charge in [-0.2, -0.15) is 5.26 Å². The molecule has 0 aliphatic carbocycles. The highest BCUT2D eigenvalue weighted by atomic mass is 19.1. The maximum absolute atomic E-state index is 13.8. The van der Waals surface area contributed by atoms with E-state index < -0.39 is 0 Å². The number of hydrogen-bond donors (Lipinski definition) is 1. The van der Waals surface area contributed by atoms with Crippen molar-refractivity contribution in [3.05, 3.63) is 59.9 Å². The number of nitrogens with zero attached hydrogens (tertiary/aromatic N) is 1. The molecule has 2 aromatic carbocycles. The zero-order valence-corrected chi connectivity index (χ0v) is 11.9. The summed E-state index contributed by atoms with van der Waals surface area (Å²) in [4.78, 5) is 0. The SMILES string of the molecule is CCC1NC(C#N)C1c1ccc(-c2ccccc2F)cc1. The van der Waals surface area contributed by atoms with Crippen LogP contribution < -0.4 is 5.32 Å². The van der Waals surface area contributed by atoms with E-state index in [1.807, 2.05) is 30.3 Å². The van der Waals surface area contributed by atoms with E-state index >= 15 is 0 Å². The summed E-state index contributed by atoms with van der Waals surface area (Å²) in [6.45, 7) is 2.12. The lowest BCUT2D eigenvalue weighted by Gasteiger charge is -2.42. The third-order valence-electron chi connectivity index (χ3n) is 4.25. The van der Waals surface area contributed by atoms with Crippen molar-refractivity contribution in [2.24, 2.45) is 0 Å². The quantitative estimate of drug-likeness (QED) is 0.927. The lowest BCUT2D eigenvalue weighted by Crippen LogP contribution is -2.58. The first kappa shape index (κ1) is 13.8. The summed E-state index contributed by atoms with van der Waals surface area (Å²) in [5.74, 6) is 0.0200. The Bertz CT molecular complexity index is 672. The minimum atomic E-state index is -0.211. The Morgan fingerprint density at radius 3 is 2.48 bits per heavy atom. The molecule has 0 amide bonds. The summed E-state index contributed by atoms with van der Waals surface area (Å²) >= 11 is 0. The highest BCUT2D eigenvalue weighted by Gasteiger charge is 2.40. The maximum Gasteiger partial charge on any atom is 0.131 e. The van der Waals surface area contributed by atoms with Gasteiger partial charge in [0.25, 0.3) is 0 Å². The number of benzene rings is 2. The van der Waals surface area contributed by atoms with E-state index in [0.717, 1.165) is 17.5 Å². The van der Waals surface area contributed by atoms with Crippen LogP contribution in [0.4, 0.5) is 4.39 Å². The molecule has 21 heavy (non-hydrogen) atoms. The van der Waals surface area contributed by atoms with Crippen molar-refractivity contribution >= 4 is 0 Å². The van der Waals surface area contributed by atoms with E-state index in [2.05, 4.69) is 18.3 Å². The zero-order chi connectivity index (χ0) is 14.8. The van der Waals surface area contributed by atoms with Gasteiger partial charge in [-0.05, 0) is 23.6 Å². The molecule has 0 saturated carbocycles. The molecule has 1 N–H and O–H groups in total. The Kier molecular flexibility index (Phi) is 3.72. The fourth-order valence-electron chi connectivity index (χ4n) is 3.05. The van der Waals surface area contributed by atoms with Gasteiger partial charge in [0.15, 0.2) is 0 Å². The maximum atomic E-state index is 13.8. The summed E-state index contributed by atoms with van der Waals surface area (Å²) in [6, 6.07) is 17.2. The lowest BCUT2D eigenvalue weighted by atomic mass is 9.76. The van der Waals surface area contributed by atoms with Crippen LogP contribution in [0.15, 0.2) is 48.5 Å². The molecule has 1 saturated heterocycles. The molecule has 0 bridgehead atoms. The molecule has 1 fully saturated rings. The van der Waals surface area contributed by atoms with Crippen LogP contribution in [0.2, 0.25) is 0 Å². The molecule has 1 heterocycles. The van der Waals surface area contributed by atoms with Gasteiger partial charge in [0.2, 0.25) is 0 Å². The van der Waals surface area contributed by atoms with E-state index in [9.17, 15) is 4.39 Å². The summed E-state index contributed by atoms with van der Waals surface area (Å²) in [5, 5.41) is 12.4. The summed E-state index contributed by atoms with van der Waals surface area (Å²) < 4.78 is 13.8. The van der Waals surface area contributed by atoms with Crippen LogP contribution in [0.25, 0.3) is 11.1 Å². The Balaban J connectivity index is 1.88. The van der Waals surface area contributed by atoms with Gasteiger partial charge in [-0.3, -0.25) is 5.32 Å². The van der Waals surface area contributed by atoms with Crippen LogP contribution in [0.1, 0.15) is 24.8 Å². The van der Waals surface area contributed by atoms with E-state index in [1.165, 1.54) is 6.07 Å². The molecule has 106 valence electrons. The molecule has 0 spiro atoms. The van der Waals surface area contributed by atoms with E-state index in [4.69, 9.17) is 5.26 Å². The molecular formula is C18H17FN2. The zero-order valence-electron chi connectivity index (χ0n) is 11.9. The smallest absolute Gasteiger partial charge is 0.131 e. The van der Waals surface area contributed by atoms with Gasteiger partial charge in [0.1, 0.15) is 11.9 Å². The molecule has 2 nitrogen and oxygen atoms in total. The second-order valence-electron chi connectivity index (χ2n) is 5.42. The van der Waals surface area contributed by atoms with Crippen molar-refractivity contribution in [2.45, 2.75) is 31.3 Å². The van der Waals surface area contributed by atoms with Crippen LogP contribution in [0.3, 0.4) is 0 Å². The Morgan fingerprint density at radius 1 is 1.14 bits per heavy atom. The van der Waals surface area contributed by atoms with Crippen LogP contribution >= 0.6 is 0 Å². The van der Waals surface area contributed by atoms with Crippen LogP contribution in [0.5, 0.6) is 0 Å². The Hall–Kier alpha value is -2.18. The van der Waals surface area contributed by atoms with Gasteiger partial charge in [-0.25, -0.2) is 4.39 Å². The minimum absolute atomic E-state index is 0.116. The molecule has 3 heteroatoms. The molecule has 2 aromatic rings. The number of hydrogen-bond acceptors (Lipinski definition) is 2. The average molecular weight is 280 g/mol. The normalized spacial score (nSPS) is 24.1. The molecule has 3 atom stereocenters. The number of rotatable bonds is 3. The molecule has 3 unspecified atom stereocenters. The fraction of sp³-hybridized carbons (Fsp3) is 0.278. The summed E-state index contributed by atoms with van der Waals surface area (Å²) in [6.07, 6.45) is 0.998. The highest BCUT2D eigenvalue weighted by molar-refractivity contribution is 5.64. The molecule has 0 radical (unpaired) electrons. The summed E-state index contributed by atoms with van der Waals surface area (Å²) in [5.41, 5.74) is 2.62. The molecule has 3 rings (SSSR count). The van der Waals surface area contributed by atoms with Crippen molar-refractivity contribution in [1.29, 1.82) is 5.26 Å². The van der Waals surface area contributed by atoms with Crippen LogP contribution in [-0.2, 0) is 0 Å². The first-order chi connectivity index (χ1) is 10.2. The third kappa shape index (κ3) is 2.43. The van der Waals surface area contributed by atoms with E-state index in [-0.39, 0.29) is 17.8 Å². The standard InChI is InChI=1S/C18H17FN2/c1-2-16-18(17(11-20)21-16)13-9-7-12(8-10-13)14-5-3-4-6-15(14)19/h3-10,16-18,21H,2H2,1H3. The van der Waals surface area contributed by atoms with Crippen molar-refractivity contribution in [3.8, 4) is 17.2 Å². The van der Waals surface area contributed by atoms with Gasteiger partial charge >= 0.3 is 0 Å². The second kappa shape index (κ2) is 5.67. The predicted octanol–water partition coefficient (Wildman–Crippen LogP) is 3.85. The lowest BCUT2D eigenvalue weighted by molar-refractivity contribution is 0.250. The second-order valence-corrected chi connectivity index (χ2v) is 5.42. The van der Waals surface area contributed by atoms with Gasteiger partial charge < -0.3 is 0 Å². The van der Waals surface area contributed by atoms with Gasteiger partial charge in [-0.15, -0.1) is 0 Å². The average Bonchev–Trinajstić information content (AvgIpc) is 2.49. The predicted molar refractivity (Wildman–Crippen MR) is 81.2 cm³/mol. The van der Waals surface area contributed by atoms with Crippen molar-refractivity contribution < 1.29 is 4.39 Å². The Labute approximate surface area is 124 Å². The van der Waals surface area contributed by atoms with Crippen molar-refractivity contribution in [3.63, 3.8) is 0 Å². The van der Waals surface area contributed by atoms with Gasteiger partial charge in [-0.1, -0.05) is 49.4 Å². The van der Waals surface area contributed by atoms with Crippen LogP contribution in [-0.4, -0.2) is 12.1 Å². The third-order valence-corrected chi connectivity index (χ3v) is 4.25. The fourth-order valence-corrected chi connectivity index (χ4v) is 3.05. The van der Waals surface area contributed by atoms with Crippen LogP contribution in [0, 0.1) is 17.1 Å². The summed E-state index contributed by atoms with van der Waals surface area (Å²) in [7, 11) is 0. The van der Waals surface area contributed by atoms with E-state index in [1.54, 1.807) is 12.1 Å². The molecule has 1 aliphatic heterocycles. The van der Waals surface area contributed by atoms with Crippen molar-refractivity contribution in [1.82, 2.24) is 5.32 Å². The van der Waals surface area contributed by atoms with Gasteiger partial charge in [0, 0.05) is 17.5 Å². The highest BCUT2D eigenvalue weighted by Crippen LogP contribution is 2.34. The first-order valence-electron chi connectivity index (χ1n) is 7.25. The van der Waals surface area contributed by atoms with E-state index in [0.29, 0.717) is 11.6 Å². The van der Waals surface area contributed by atoms with Gasteiger partial charge in [0.05, 0.1) is 6.07 Å².